The number of hydrogen-bond donors (Lipinski definition) is 0. The van der Waals surface area contributed by atoms with Gasteiger partial charge < -0.3 is 9.15 Å². The number of benzene rings is 1. The number of aromatic nitrogens is 2. The Hall–Kier alpha value is -3.26. The summed E-state index contributed by atoms with van der Waals surface area (Å²) in [4.78, 5) is 21.9. The van der Waals surface area contributed by atoms with E-state index in [-0.39, 0.29) is 5.69 Å². The fourth-order valence-electron chi connectivity index (χ4n) is 3.28. The van der Waals surface area contributed by atoms with E-state index in [9.17, 15) is 10.1 Å². The number of methoxy groups -OCH3 is 1. The molecule has 27 heavy (non-hydrogen) atoms. The minimum absolute atomic E-state index is 0.0645. The van der Waals surface area contributed by atoms with Crippen LogP contribution in [0.4, 0.5) is 5.69 Å². The Kier molecular flexibility index (Phi) is 4.55. The van der Waals surface area contributed by atoms with Crippen molar-refractivity contribution in [2.24, 2.45) is 0 Å². The Labute approximate surface area is 155 Å². The van der Waals surface area contributed by atoms with Crippen molar-refractivity contribution < 1.29 is 14.1 Å². The van der Waals surface area contributed by atoms with Crippen LogP contribution < -0.4 is 4.74 Å². The molecule has 0 saturated heterocycles. The first-order chi connectivity index (χ1) is 13.1. The molecule has 0 aliphatic carbocycles. The van der Waals surface area contributed by atoms with E-state index in [2.05, 4.69) is 14.9 Å². The number of nitrogens with zero attached hydrogens (tertiary/aromatic N) is 4. The summed E-state index contributed by atoms with van der Waals surface area (Å²) in [6, 6.07) is 8.32. The highest BCUT2D eigenvalue weighted by Crippen LogP contribution is 2.28. The fourth-order valence-corrected chi connectivity index (χ4v) is 3.28. The van der Waals surface area contributed by atoms with E-state index in [4.69, 9.17) is 9.15 Å². The Morgan fingerprint density at radius 2 is 2.26 bits per heavy atom. The largest absolute Gasteiger partial charge is 0.496 e. The molecule has 1 aromatic carbocycles. The van der Waals surface area contributed by atoms with Gasteiger partial charge in [-0.05, 0) is 18.2 Å². The molecule has 3 heterocycles. The zero-order valence-electron chi connectivity index (χ0n) is 14.8. The van der Waals surface area contributed by atoms with Gasteiger partial charge in [-0.1, -0.05) is 0 Å². The van der Waals surface area contributed by atoms with Crippen molar-refractivity contribution in [1.29, 1.82) is 0 Å². The number of ether oxygens (including phenoxy) is 1. The first-order valence-corrected chi connectivity index (χ1v) is 8.56. The summed E-state index contributed by atoms with van der Waals surface area (Å²) >= 11 is 0. The van der Waals surface area contributed by atoms with Crippen molar-refractivity contribution in [3.05, 3.63) is 69.7 Å². The molecule has 0 saturated carbocycles. The summed E-state index contributed by atoms with van der Waals surface area (Å²) in [7, 11) is 1.57. The molecule has 8 nitrogen and oxygen atoms in total. The second-order valence-electron chi connectivity index (χ2n) is 6.36. The molecule has 0 atom stereocenters. The van der Waals surface area contributed by atoms with Crippen LogP contribution in [0.2, 0.25) is 0 Å². The van der Waals surface area contributed by atoms with Crippen molar-refractivity contribution in [2.45, 2.75) is 19.5 Å². The van der Waals surface area contributed by atoms with Gasteiger partial charge in [0.15, 0.2) is 11.6 Å². The quantitative estimate of drug-likeness (QED) is 0.505. The number of furan rings is 1. The van der Waals surface area contributed by atoms with Crippen molar-refractivity contribution in [3.63, 3.8) is 0 Å². The summed E-state index contributed by atoms with van der Waals surface area (Å²) < 4.78 is 10.7. The first-order valence-electron chi connectivity index (χ1n) is 8.56. The van der Waals surface area contributed by atoms with Crippen LogP contribution in [-0.4, -0.2) is 33.4 Å². The summed E-state index contributed by atoms with van der Waals surface area (Å²) in [5.74, 6) is 1.89. The van der Waals surface area contributed by atoms with Gasteiger partial charge in [-0.15, -0.1) is 0 Å². The van der Waals surface area contributed by atoms with E-state index in [0.29, 0.717) is 30.4 Å². The van der Waals surface area contributed by atoms with Gasteiger partial charge in [-0.2, -0.15) is 0 Å². The van der Waals surface area contributed by atoms with Crippen LogP contribution in [0.25, 0.3) is 11.6 Å². The van der Waals surface area contributed by atoms with Crippen molar-refractivity contribution in [2.75, 3.05) is 13.7 Å². The molecule has 0 unspecified atom stereocenters. The summed E-state index contributed by atoms with van der Waals surface area (Å²) in [6.07, 6.45) is 4.21. The standard InChI is InChI=1S/C19H18N4O4/c1-26-17-5-4-15(23(24)25)9-13(17)11-22-7-6-16-14(12-22)10-20-19(21-16)18-3-2-8-27-18/h2-5,8-10H,6-7,11-12H2,1H3. The molecule has 1 aliphatic heterocycles. The molecule has 138 valence electrons. The molecule has 0 spiro atoms. The molecule has 0 amide bonds. The zero-order chi connectivity index (χ0) is 18.8. The van der Waals surface area contributed by atoms with Gasteiger partial charge in [0.05, 0.1) is 24.0 Å². The number of fused-ring (bicyclic) bond motifs is 1. The second kappa shape index (κ2) is 7.16. The van der Waals surface area contributed by atoms with Crippen LogP contribution in [0, 0.1) is 10.1 Å². The number of nitro benzene ring substituents is 1. The van der Waals surface area contributed by atoms with Crippen molar-refractivity contribution in [1.82, 2.24) is 14.9 Å². The normalized spacial score (nSPS) is 14.0. The van der Waals surface area contributed by atoms with Crippen LogP contribution in [0.15, 0.2) is 47.2 Å². The Morgan fingerprint density at radius 3 is 3.00 bits per heavy atom. The maximum Gasteiger partial charge on any atom is 0.270 e. The van der Waals surface area contributed by atoms with Gasteiger partial charge in [0.2, 0.25) is 0 Å². The molecule has 0 bridgehead atoms. The minimum Gasteiger partial charge on any atom is -0.496 e. The highest BCUT2D eigenvalue weighted by Gasteiger charge is 2.21. The third-order valence-corrected chi connectivity index (χ3v) is 4.62. The average Bonchev–Trinajstić information content (AvgIpc) is 3.22. The number of non-ortho nitro benzene ring substituents is 1. The summed E-state index contributed by atoms with van der Waals surface area (Å²) in [6.45, 7) is 2.04. The molecule has 8 heteroatoms. The Bertz CT molecular complexity index is 972. The van der Waals surface area contributed by atoms with Crippen LogP contribution in [0.1, 0.15) is 16.8 Å². The lowest BCUT2D eigenvalue weighted by atomic mass is 10.1. The topological polar surface area (TPSA) is 94.5 Å². The van der Waals surface area contributed by atoms with Gasteiger partial charge in [0, 0.05) is 55.5 Å². The maximum atomic E-state index is 11.1. The van der Waals surface area contributed by atoms with Gasteiger partial charge in [0.1, 0.15) is 5.75 Å². The van der Waals surface area contributed by atoms with E-state index < -0.39 is 4.92 Å². The number of nitro groups is 1. The second-order valence-corrected chi connectivity index (χ2v) is 6.36. The van der Waals surface area contributed by atoms with Gasteiger partial charge in [0.25, 0.3) is 5.69 Å². The Morgan fingerprint density at radius 1 is 1.37 bits per heavy atom. The molecular weight excluding hydrogens is 348 g/mol. The Balaban J connectivity index is 1.54. The lowest BCUT2D eigenvalue weighted by Gasteiger charge is -2.28. The molecule has 0 N–H and O–H groups in total. The lowest BCUT2D eigenvalue weighted by molar-refractivity contribution is -0.385. The fraction of sp³-hybridized carbons (Fsp3) is 0.263. The molecule has 2 aromatic heterocycles. The number of rotatable bonds is 5. The van der Waals surface area contributed by atoms with E-state index >= 15 is 0 Å². The average molecular weight is 366 g/mol. The molecule has 3 aromatic rings. The van der Waals surface area contributed by atoms with Crippen molar-refractivity contribution >= 4 is 5.69 Å². The maximum absolute atomic E-state index is 11.1. The van der Waals surface area contributed by atoms with Crippen LogP contribution in [-0.2, 0) is 19.5 Å². The van der Waals surface area contributed by atoms with Crippen molar-refractivity contribution in [3.8, 4) is 17.3 Å². The van der Waals surface area contributed by atoms with Crippen LogP contribution >= 0.6 is 0 Å². The van der Waals surface area contributed by atoms with E-state index in [1.165, 1.54) is 6.07 Å². The minimum atomic E-state index is -0.390. The summed E-state index contributed by atoms with van der Waals surface area (Å²) in [5, 5.41) is 11.1. The molecule has 1 aliphatic rings. The predicted octanol–water partition coefficient (Wildman–Crippen LogP) is 3.21. The van der Waals surface area contributed by atoms with Gasteiger partial charge >= 0.3 is 0 Å². The smallest absolute Gasteiger partial charge is 0.270 e. The predicted molar refractivity (Wildman–Crippen MR) is 97.2 cm³/mol. The van der Waals surface area contributed by atoms with Crippen LogP contribution in [0.3, 0.4) is 0 Å². The van der Waals surface area contributed by atoms with Crippen LogP contribution in [0.5, 0.6) is 5.75 Å². The third kappa shape index (κ3) is 3.52. The lowest BCUT2D eigenvalue weighted by Crippen LogP contribution is -2.31. The van der Waals surface area contributed by atoms with E-state index in [0.717, 1.165) is 29.8 Å². The van der Waals surface area contributed by atoms with Gasteiger partial charge in [-0.3, -0.25) is 15.0 Å². The molecule has 0 radical (unpaired) electrons. The molecular formula is C19H18N4O4. The molecule has 4 rings (SSSR count). The zero-order valence-corrected chi connectivity index (χ0v) is 14.8. The SMILES string of the molecule is COc1ccc([N+](=O)[O-])cc1CN1CCc2nc(-c3ccco3)ncc2C1. The van der Waals surface area contributed by atoms with E-state index in [1.54, 1.807) is 25.5 Å². The highest BCUT2D eigenvalue weighted by molar-refractivity contribution is 5.47. The van der Waals surface area contributed by atoms with E-state index in [1.807, 2.05) is 18.3 Å². The van der Waals surface area contributed by atoms with Gasteiger partial charge in [-0.25, -0.2) is 9.97 Å². The summed E-state index contributed by atoms with van der Waals surface area (Å²) in [5.41, 5.74) is 2.93. The monoisotopic (exact) mass is 366 g/mol. The third-order valence-electron chi connectivity index (χ3n) is 4.62. The molecule has 0 fully saturated rings. The highest BCUT2D eigenvalue weighted by atomic mass is 16.6. The number of hydrogen-bond acceptors (Lipinski definition) is 7. The first kappa shape index (κ1) is 17.2.